The zero-order valence-corrected chi connectivity index (χ0v) is 10.0. The molecule has 0 radical (unpaired) electrons. The minimum atomic E-state index is -5.80. The van der Waals surface area contributed by atoms with Crippen LogP contribution in [0.5, 0.6) is 0 Å². The molecule has 0 heterocycles. The molecule has 0 aliphatic heterocycles. The number of rotatable bonds is 2. The molecule has 0 bridgehead atoms. The van der Waals surface area contributed by atoms with Gasteiger partial charge in [0, 0.05) is 0 Å². The fourth-order valence-electron chi connectivity index (χ4n) is 1.09. The molecule has 0 saturated carbocycles. The zero-order chi connectivity index (χ0) is 13.4. The van der Waals surface area contributed by atoms with E-state index in [4.69, 9.17) is 17.3 Å². The number of benzene rings is 1. The molecule has 0 aromatic heterocycles. The van der Waals surface area contributed by atoms with Gasteiger partial charge in [-0.1, -0.05) is 17.7 Å². The van der Waals surface area contributed by atoms with Gasteiger partial charge in [0.1, 0.15) is 11.9 Å². The third-order valence-corrected chi connectivity index (χ3v) is 2.38. The first-order chi connectivity index (χ1) is 7.57. The van der Waals surface area contributed by atoms with E-state index in [-0.39, 0.29) is 12.4 Å². The molecule has 104 valence electrons. The molecular formula is C9H7Cl2F6N. The van der Waals surface area contributed by atoms with Crippen LogP contribution in [0.15, 0.2) is 18.2 Å². The third-order valence-electron chi connectivity index (χ3n) is 2.07. The molecule has 18 heavy (non-hydrogen) atoms. The quantitative estimate of drug-likeness (QED) is 0.817. The van der Waals surface area contributed by atoms with E-state index in [1.807, 2.05) is 0 Å². The second-order valence-electron chi connectivity index (χ2n) is 3.27. The van der Waals surface area contributed by atoms with E-state index in [0.717, 1.165) is 12.1 Å². The summed E-state index contributed by atoms with van der Waals surface area (Å²) >= 11 is 5.26. The summed E-state index contributed by atoms with van der Waals surface area (Å²) in [6.07, 6.45) is -5.80. The predicted octanol–water partition coefficient (Wildman–Crippen LogP) is 4.10. The van der Waals surface area contributed by atoms with Crippen molar-refractivity contribution in [2.75, 3.05) is 0 Å². The molecular weight excluding hydrogens is 307 g/mol. The van der Waals surface area contributed by atoms with Gasteiger partial charge < -0.3 is 5.73 Å². The van der Waals surface area contributed by atoms with Gasteiger partial charge in [0.25, 0.3) is 0 Å². The number of alkyl halides is 5. The second kappa shape index (κ2) is 5.54. The standard InChI is InChI=1S/C9H6ClF6N.ClH/c10-5-2-1-4(3-6(5)11)7(17)8(12,13)9(14,15)16;/h1-3,7H,17H2;1H/t7-;/m1./s1. The molecule has 0 aliphatic rings. The van der Waals surface area contributed by atoms with E-state index < -0.39 is 34.5 Å². The topological polar surface area (TPSA) is 26.0 Å². The summed E-state index contributed by atoms with van der Waals surface area (Å²) in [7, 11) is 0. The molecule has 0 amide bonds. The third kappa shape index (κ3) is 3.21. The Morgan fingerprint density at radius 3 is 2.00 bits per heavy atom. The summed E-state index contributed by atoms with van der Waals surface area (Å²) in [6, 6.07) is -0.560. The maximum atomic E-state index is 12.9. The highest BCUT2D eigenvalue weighted by Gasteiger charge is 2.61. The van der Waals surface area contributed by atoms with E-state index in [1.165, 1.54) is 0 Å². The molecule has 0 aliphatic carbocycles. The fraction of sp³-hybridized carbons (Fsp3) is 0.333. The fourth-order valence-corrected chi connectivity index (χ4v) is 1.21. The first-order valence-electron chi connectivity index (χ1n) is 4.22. The molecule has 2 N–H and O–H groups in total. The van der Waals surface area contributed by atoms with E-state index in [9.17, 15) is 26.3 Å². The average molecular weight is 314 g/mol. The van der Waals surface area contributed by atoms with Crippen LogP contribution >= 0.6 is 24.0 Å². The number of nitrogens with two attached hydrogens (primary N) is 1. The monoisotopic (exact) mass is 313 g/mol. The van der Waals surface area contributed by atoms with Gasteiger partial charge in [-0.2, -0.15) is 22.0 Å². The smallest absolute Gasteiger partial charge is 0.319 e. The van der Waals surface area contributed by atoms with Crippen LogP contribution in [0, 0.1) is 5.82 Å². The molecule has 0 fully saturated rings. The van der Waals surface area contributed by atoms with Crippen molar-refractivity contribution in [3.63, 3.8) is 0 Å². The van der Waals surface area contributed by atoms with Crippen LogP contribution in [0.1, 0.15) is 11.6 Å². The molecule has 1 rings (SSSR count). The van der Waals surface area contributed by atoms with Crippen LogP contribution in [0.4, 0.5) is 26.3 Å². The second-order valence-corrected chi connectivity index (χ2v) is 3.68. The van der Waals surface area contributed by atoms with Gasteiger partial charge in [0.2, 0.25) is 0 Å². The lowest BCUT2D eigenvalue weighted by molar-refractivity contribution is -0.291. The van der Waals surface area contributed by atoms with Crippen LogP contribution in [0.3, 0.4) is 0 Å². The Morgan fingerprint density at radius 2 is 1.61 bits per heavy atom. The molecule has 1 aromatic rings. The van der Waals surface area contributed by atoms with Crippen molar-refractivity contribution < 1.29 is 26.3 Å². The van der Waals surface area contributed by atoms with Crippen LogP contribution in [0.2, 0.25) is 5.02 Å². The number of halogens is 8. The molecule has 0 spiro atoms. The lowest BCUT2D eigenvalue weighted by Crippen LogP contribution is -2.45. The number of hydrogen-bond donors (Lipinski definition) is 1. The maximum absolute atomic E-state index is 12.9. The highest BCUT2D eigenvalue weighted by atomic mass is 35.5. The first kappa shape index (κ1) is 17.3. The highest BCUT2D eigenvalue weighted by Crippen LogP contribution is 2.43. The lowest BCUT2D eigenvalue weighted by atomic mass is 10.0. The Bertz CT molecular complexity index is 420. The SMILES string of the molecule is Cl.N[C@H](c1ccc(Cl)c(F)c1)C(F)(F)C(F)(F)F. The van der Waals surface area contributed by atoms with Crippen molar-refractivity contribution in [2.24, 2.45) is 5.73 Å². The van der Waals surface area contributed by atoms with Crippen LogP contribution in [0.25, 0.3) is 0 Å². The molecule has 1 nitrogen and oxygen atoms in total. The molecule has 0 unspecified atom stereocenters. The minimum Gasteiger partial charge on any atom is -0.319 e. The molecule has 0 saturated heterocycles. The van der Waals surface area contributed by atoms with Crippen molar-refractivity contribution in [1.29, 1.82) is 0 Å². The Labute approximate surface area is 109 Å². The van der Waals surface area contributed by atoms with Crippen LogP contribution in [-0.4, -0.2) is 12.1 Å². The Balaban J connectivity index is 0.00000289. The summed E-state index contributed by atoms with van der Waals surface area (Å²) < 4.78 is 74.6. The van der Waals surface area contributed by atoms with Gasteiger partial charge in [-0.3, -0.25) is 0 Å². The summed E-state index contributed by atoms with van der Waals surface area (Å²) in [5, 5.41) is -0.392. The minimum absolute atomic E-state index is 0. The van der Waals surface area contributed by atoms with Crippen molar-refractivity contribution in [3.8, 4) is 0 Å². The van der Waals surface area contributed by atoms with Gasteiger partial charge in [-0.15, -0.1) is 12.4 Å². The largest absolute Gasteiger partial charge is 0.455 e. The molecule has 9 heteroatoms. The van der Waals surface area contributed by atoms with Crippen molar-refractivity contribution in [2.45, 2.75) is 18.1 Å². The van der Waals surface area contributed by atoms with Gasteiger partial charge in [-0.05, 0) is 17.7 Å². The van der Waals surface area contributed by atoms with E-state index >= 15 is 0 Å². The maximum Gasteiger partial charge on any atom is 0.455 e. The Kier molecular flexibility index (Phi) is 5.34. The van der Waals surface area contributed by atoms with E-state index in [0.29, 0.717) is 6.07 Å². The highest BCUT2D eigenvalue weighted by molar-refractivity contribution is 6.30. The number of hydrogen-bond acceptors (Lipinski definition) is 1. The van der Waals surface area contributed by atoms with Crippen LogP contribution in [-0.2, 0) is 0 Å². The predicted molar refractivity (Wildman–Crippen MR) is 56.6 cm³/mol. The van der Waals surface area contributed by atoms with Gasteiger partial charge in [0.15, 0.2) is 0 Å². The normalized spacial score (nSPS) is 14.0. The van der Waals surface area contributed by atoms with Crippen molar-refractivity contribution >= 4 is 24.0 Å². The van der Waals surface area contributed by atoms with Crippen molar-refractivity contribution in [1.82, 2.24) is 0 Å². The average Bonchev–Trinajstić information content (AvgIpc) is 2.19. The summed E-state index contributed by atoms with van der Waals surface area (Å²) in [6.45, 7) is 0. The van der Waals surface area contributed by atoms with E-state index in [2.05, 4.69) is 0 Å². The van der Waals surface area contributed by atoms with Gasteiger partial charge >= 0.3 is 12.1 Å². The Morgan fingerprint density at radius 1 is 1.11 bits per heavy atom. The lowest BCUT2D eigenvalue weighted by Gasteiger charge is -2.25. The van der Waals surface area contributed by atoms with Gasteiger partial charge in [-0.25, -0.2) is 4.39 Å². The van der Waals surface area contributed by atoms with Crippen molar-refractivity contribution in [3.05, 3.63) is 34.6 Å². The zero-order valence-electron chi connectivity index (χ0n) is 8.44. The van der Waals surface area contributed by atoms with E-state index in [1.54, 1.807) is 0 Å². The summed E-state index contributed by atoms with van der Waals surface area (Å²) in [5.74, 6) is -6.26. The first-order valence-corrected chi connectivity index (χ1v) is 4.60. The molecule has 1 aromatic carbocycles. The Hall–Kier alpha value is -0.660. The van der Waals surface area contributed by atoms with Gasteiger partial charge in [0.05, 0.1) is 5.02 Å². The summed E-state index contributed by atoms with van der Waals surface area (Å²) in [5.41, 5.74) is 4.11. The summed E-state index contributed by atoms with van der Waals surface area (Å²) in [4.78, 5) is 0. The molecule has 1 atom stereocenters. The van der Waals surface area contributed by atoms with Crippen LogP contribution < -0.4 is 5.73 Å².